The van der Waals surface area contributed by atoms with E-state index in [-0.39, 0.29) is 11.8 Å². The summed E-state index contributed by atoms with van der Waals surface area (Å²) in [6.07, 6.45) is 1.52. The van der Waals surface area contributed by atoms with Crippen LogP contribution in [0.5, 0.6) is 0 Å². The normalized spacial score (nSPS) is 14.2. The van der Waals surface area contributed by atoms with Crippen LogP contribution in [0.3, 0.4) is 0 Å². The van der Waals surface area contributed by atoms with Gasteiger partial charge in [0.25, 0.3) is 5.91 Å². The molecule has 0 spiro atoms. The van der Waals surface area contributed by atoms with Crippen molar-refractivity contribution in [3.8, 4) is 0 Å². The summed E-state index contributed by atoms with van der Waals surface area (Å²) in [5, 5.41) is 2.87. The van der Waals surface area contributed by atoms with Crippen molar-refractivity contribution >= 4 is 23.2 Å². The van der Waals surface area contributed by atoms with Gasteiger partial charge < -0.3 is 10.2 Å². The van der Waals surface area contributed by atoms with Gasteiger partial charge in [-0.2, -0.15) is 0 Å². The van der Waals surface area contributed by atoms with Crippen LogP contribution in [0.2, 0.25) is 0 Å². The second kappa shape index (κ2) is 6.02. The average Bonchev–Trinajstić information content (AvgIpc) is 2.94. The Morgan fingerprint density at radius 3 is 2.55 bits per heavy atom. The molecule has 0 aliphatic carbocycles. The lowest BCUT2D eigenvalue weighted by Gasteiger charge is -2.16. The van der Waals surface area contributed by atoms with Gasteiger partial charge >= 0.3 is 0 Å². The lowest BCUT2D eigenvalue weighted by Crippen LogP contribution is -2.23. The molecule has 0 atom stereocenters. The van der Waals surface area contributed by atoms with E-state index in [2.05, 4.69) is 5.32 Å². The van der Waals surface area contributed by atoms with Crippen LogP contribution in [0.4, 0.5) is 11.4 Å². The van der Waals surface area contributed by atoms with Crippen molar-refractivity contribution in [2.45, 2.75) is 19.8 Å². The van der Waals surface area contributed by atoms with Crippen LogP contribution in [0.15, 0.2) is 48.5 Å². The van der Waals surface area contributed by atoms with Crippen LogP contribution in [0.1, 0.15) is 28.8 Å². The number of nitrogens with one attached hydrogen (secondary N) is 1. The summed E-state index contributed by atoms with van der Waals surface area (Å²) in [6.45, 7) is 2.73. The smallest absolute Gasteiger partial charge is 0.255 e. The highest BCUT2D eigenvalue weighted by Crippen LogP contribution is 2.23. The van der Waals surface area contributed by atoms with Crippen molar-refractivity contribution in [1.29, 1.82) is 0 Å². The predicted molar refractivity (Wildman–Crippen MR) is 87.2 cm³/mol. The van der Waals surface area contributed by atoms with Crippen LogP contribution in [-0.2, 0) is 4.79 Å². The minimum atomic E-state index is -0.131. The fraction of sp³-hybridized carbons (Fsp3) is 0.222. The topological polar surface area (TPSA) is 49.4 Å². The molecule has 1 saturated heterocycles. The van der Waals surface area contributed by atoms with Crippen LogP contribution in [-0.4, -0.2) is 18.4 Å². The Morgan fingerprint density at radius 1 is 1.14 bits per heavy atom. The summed E-state index contributed by atoms with van der Waals surface area (Å²) in [5.74, 6) is 0.0326. The molecule has 2 amide bonds. The summed E-state index contributed by atoms with van der Waals surface area (Å²) in [4.78, 5) is 25.7. The maximum absolute atomic E-state index is 12.2. The second-order valence-electron chi connectivity index (χ2n) is 5.52. The number of amides is 2. The van der Waals surface area contributed by atoms with E-state index in [9.17, 15) is 9.59 Å². The molecule has 1 heterocycles. The van der Waals surface area contributed by atoms with Gasteiger partial charge in [-0.05, 0) is 49.7 Å². The second-order valence-corrected chi connectivity index (χ2v) is 5.52. The maximum Gasteiger partial charge on any atom is 0.255 e. The molecule has 4 heteroatoms. The highest BCUT2D eigenvalue weighted by molar-refractivity contribution is 6.04. The molecule has 0 unspecified atom stereocenters. The van der Waals surface area contributed by atoms with Crippen molar-refractivity contribution in [3.05, 3.63) is 59.7 Å². The predicted octanol–water partition coefficient (Wildman–Crippen LogP) is 3.37. The zero-order valence-electron chi connectivity index (χ0n) is 12.5. The lowest BCUT2D eigenvalue weighted by molar-refractivity contribution is -0.117. The summed E-state index contributed by atoms with van der Waals surface area (Å²) < 4.78 is 0. The molecule has 0 radical (unpaired) electrons. The SMILES string of the molecule is Cc1cccc(C(=O)Nc2ccc(N3CCCC3=O)cc2)c1. The van der Waals surface area contributed by atoms with Gasteiger partial charge in [-0.15, -0.1) is 0 Å². The Bertz CT molecular complexity index is 707. The van der Waals surface area contributed by atoms with Crippen molar-refractivity contribution < 1.29 is 9.59 Å². The Balaban J connectivity index is 1.71. The maximum atomic E-state index is 12.2. The van der Waals surface area contributed by atoms with Gasteiger partial charge in [0, 0.05) is 29.9 Å². The fourth-order valence-electron chi connectivity index (χ4n) is 2.64. The first-order valence-electron chi connectivity index (χ1n) is 7.42. The zero-order valence-corrected chi connectivity index (χ0v) is 12.5. The molecule has 0 saturated carbocycles. The Kier molecular flexibility index (Phi) is 3.92. The summed E-state index contributed by atoms with van der Waals surface area (Å²) in [5.41, 5.74) is 3.30. The van der Waals surface area contributed by atoms with E-state index in [1.54, 1.807) is 11.0 Å². The van der Waals surface area contributed by atoms with Crippen molar-refractivity contribution in [2.75, 3.05) is 16.8 Å². The van der Waals surface area contributed by atoms with E-state index in [0.717, 1.165) is 29.9 Å². The van der Waals surface area contributed by atoms with E-state index in [4.69, 9.17) is 0 Å². The first-order valence-corrected chi connectivity index (χ1v) is 7.42. The number of hydrogen-bond acceptors (Lipinski definition) is 2. The standard InChI is InChI=1S/C18H18N2O2/c1-13-4-2-5-14(12-13)18(22)19-15-7-9-16(10-8-15)20-11-3-6-17(20)21/h2,4-5,7-10,12H,3,6,11H2,1H3,(H,19,22). The lowest BCUT2D eigenvalue weighted by atomic mass is 10.1. The molecule has 3 rings (SSSR count). The molecule has 1 fully saturated rings. The number of aryl methyl sites for hydroxylation is 1. The largest absolute Gasteiger partial charge is 0.322 e. The number of carbonyl (C=O) groups excluding carboxylic acids is 2. The molecular weight excluding hydrogens is 276 g/mol. The molecule has 1 aliphatic rings. The third kappa shape index (κ3) is 3.01. The van der Waals surface area contributed by atoms with Gasteiger partial charge in [-0.25, -0.2) is 0 Å². The number of benzene rings is 2. The first-order chi connectivity index (χ1) is 10.6. The van der Waals surface area contributed by atoms with E-state index in [1.807, 2.05) is 49.4 Å². The number of nitrogens with zero attached hydrogens (tertiary/aromatic N) is 1. The molecule has 0 bridgehead atoms. The summed E-state index contributed by atoms with van der Waals surface area (Å²) in [6, 6.07) is 14.9. The minimum Gasteiger partial charge on any atom is -0.322 e. The molecule has 112 valence electrons. The van der Waals surface area contributed by atoms with E-state index in [0.29, 0.717) is 12.0 Å². The highest BCUT2D eigenvalue weighted by Gasteiger charge is 2.21. The van der Waals surface area contributed by atoms with Crippen molar-refractivity contribution in [2.24, 2.45) is 0 Å². The molecular formula is C18H18N2O2. The number of carbonyl (C=O) groups is 2. The van der Waals surface area contributed by atoms with Gasteiger partial charge in [0.15, 0.2) is 0 Å². The Morgan fingerprint density at radius 2 is 1.91 bits per heavy atom. The monoisotopic (exact) mass is 294 g/mol. The van der Waals surface area contributed by atoms with Crippen LogP contribution in [0.25, 0.3) is 0 Å². The van der Waals surface area contributed by atoms with Gasteiger partial charge in [0.05, 0.1) is 0 Å². The van der Waals surface area contributed by atoms with E-state index in [1.165, 1.54) is 0 Å². The van der Waals surface area contributed by atoms with Gasteiger partial charge in [-0.1, -0.05) is 17.7 Å². The molecule has 22 heavy (non-hydrogen) atoms. The van der Waals surface area contributed by atoms with Gasteiger partial charge in [0.1, 0.15) is 0 Å². The van der Waals surface area contributed by atoms with Gasteiger partial charge in [-0.3, -0.25) is 9.59 Å². The Hall–Kier alpha value is -2.62. The molecule has 0 aromatic heterocycles. The quantitative estimate of drug-likeness (QED) is 0.943. The number of rotatable bonds is 3. The molecule has 2 aromatic carbocycles. The zero-order chi connectivity index (χ0) is 15.5. The minimum absolute atomic E-state index is 0.131. The van der Waals surface area contributed by atoms with Gasteiger partial charge in [0.2, 0.25) is 5.91 Å². The highest BCUT2D eigenvalue weighted by atomic mass is 16.2. The molecule has 2 aromatic rings. The third-order valence-corrected chi connectivity index (χ3v) is 3.79. The van der Waals surface area contributed by atoms with Crippen LogP contribution >= 0.6 is 0 Å². The van der Waals surface area contributed by atoms with Crippen molar-refractivity contribution in [1.82, 2.24) is 0 Å². The van der Waals surface area contributed by atoms with Crippen LogP contribution in [0, 0.1) is 6.92 Å². The summed E-state index contributed by atoms with van der Waals surface area (Å²) >= 11 is 0. The molecule has 4 nitrogen and oxygen atoms in total. The molecule has 1 aliphatic heterocycles. The average molecular weight is 294 g/mol. The van der Waals surface area contributed by atoms with Crippen LogP contribution < -0.4 is 10.2 Å². The fourth-order valence-corrected chi connectivity index (χ4v) is 2.64. The molecule has 1 N–H and O–H groups in total. The Labute approximate surface area is 129 Å². The third-order valence-electron chi connectivity index (χ3n) is 3.79. The summed E-state index contributed by atoms with van der Waals surface area (Å²) in [7, 11) is 0. The first kappa shape index (κ1) is 14.3. The van der Waals surface area contributed by atoms with Crippen molar-refractivity contribution in [3.63, 3.8) is 0 Å². The van der Waals surface area contributed by atoms with E-state index >= 15 is 0 Å². The van der Waals surface area contributed by atoms with E-state index < -0.39 is 0 Å². The number of anilines is 2. The number of hydrogen-bond donors (Lipinski definition) is 1.